The summed E-state index contributed by atoms with van der Waals surface area (Å²) in [4.78, 5) is 29.3. The predicted molar refractivity (Wildman–Crippen MR) is 123 cm³/mol. The average Bonchev–Trinajstić information content (AvgIpc) is 3.45. The number of aryl methyl sites for hydroxylation is 1. The van der Waals surface area contributed by atoms with E-state index in [2.05, 4.69) is 20.5 Å². The number of nitrogens with one attached hydrogen (secondary N) is 1. The highest BCUT2D eigenvalue weighted by Gasteiger charge is 2.16. The Kier molecular flexibility index (Phi) is 5.38. The Morgan fingerprint density at radius 3 is 2.79 bits per heavy atom. The van der Waals surface area contributed by atoms with Crippen molar-refractivity contribution >= 4 is 50.8 Å². The number of thiazole rings is 1. The molecule has 5 aromatic rings. The minimum Gasteiger partial charge on any atom is -0.301 e. The summed E-state index contributed by atoms with van der Waals surface area (Å²) in [6, 6.07) is 10.6. The molecule has 5 rings (SSSR count). The molecule has 0 atom stereocenters. The van der Waals surface area contributed by atoms with Crippen molar-refractivity contribution in [3.63, 3.8) is 0 Å². The third-order valence-corrected chi connectivity index (χ3v) is 6.58. The molecule has 8 nitrogen and oxygen atoms in total. The first-order valence-corrected chi connectivity index (χ1v) is 11.5. The third kappa shape index (κ3) is 3.87. The van der Waals surface area contributed by atoms with Gasteiger partial charge in [0.15, 0.2) is 21.9 Å². The second-order valence-electron chi connectivity index (χ2n) is 7.00. The number of amides is 1. The maximum Gasteiger partial charge on any atom is 0.262 e. The summed E-state index contributed by atoms with van der Waals surface area (Å²) >= 11 is 2.34. The van der Waals surface area contributed by atoms with Gasteiger partial charge in [0.25, 0.3) is 5.56 Å². The van der Waals surface area contributed by atoms with E-state index in [0.29, 0.717) is 38.2 Å². The quantitative estimate of drug-likeness (QED) is 0.382. The molecule has 0 fully saturated rings. The molecule has 0 bridgehead atoms. The summed E-state index contributed by atoms with van der Waals surface area (Å²) in [6.45, 7) is 0. The number of hydrogen-bond acceptors (Lipinski definition) is 7. The van der Waals surface area contributed by atoms with Crippen LogP contribution in [-0.2, 0) is 11.8 Å². The monoisotopic (exact) mass is 484 g/mol. The Balaban J connectivity index is 1.34. The highest BCUT2D eigenvalue weighted by atomic mass is 32.2. The van der Waals surface area contributed by atoms with Gasteiger partial charge in [-0.25, -0.2) is 13.8 Å². The van der Waals surface area contributed by atoms with Crippen LogP contribution in [0.25, 0.3) is 27.9 Å². The van der Waals surface area contributed by atoms with Gasteiger partial charge in [-0.15, -0.1) is 21.5 Å². The summed E-state index contributed by atoms with van der Waals surface area (Å²) in [5, 5.41) is 13.9. The molecule has 0 unspecified atom stereocenters. The van der Waals surface area contributed by atoms with Gasteiger partial charge in [-0.3, -0.25) is 18.6 Å². The molecule has 166 valence electrons. The first kappa shape index (κ1) is 21.2. The molecule has 0 aliphatic rings. The van der Waals surface area contributed by atoms with Crippen LogP contribution >= 0.6 is 23.1 Å². The number of fused-ring (bicyclic) bond motifs is 3. The van der Waals surface area contributed by atoms with Crippen molar-refractivity contribution in [2.75, 3.05) is 11.1 Å². The summed E-state index contributed by atoms with van der Waals surface area (Å²) in [5.74, 6) is -1.82. The molecule has 0 saturated heterocycles. The molecule has 0 saturated carbocycles. The number of carbonyl (C=O) groups excluding carboxylic acids is 1. The third-order valence-electron chi connectivity index (χ3n) is 4.89. The lowest BCUT2D eigenvalue weighted by Gasteiger charge is -2.07. The molecule has 0 aliphatic heterocycles. The van der Waals surface area contributed by atoms with E-state index < -0.39 is 11.6 Å². The van der Waals surface area contributed by atoms with E-state index in [0.717, 1.165) is 12.1 Å². The molecule has 1 N–H and O–H groups in total. The molecule has 33 heavy (non-hydrogen) atoms. The lowest BCUT2D eigenvalue weighted by molar-refractivity contribution is -0.113. The number of anilines is 1. The van der Waals surface area contributed by atoms with Crippen LogP contribution in [0.2, 0.25) is 0 Å². The van der Waals surface area contributed by atoms with Crippen LogP contribution in [0.4, 0.5) is 13.9 Å². The second-order valence-corrected chi connectivity index (χ2v) is 8.80. The first-order chi connectivity index (χ1) is 15.9. The van der Waals surface area contributed by atoms with Crippen molar-refractivity contribution in [1.82, 2.24) is 24.1 Å². The van der Waals surface area contributed by atoms with Gasteiger partial charge in [0.1, 0.15) is 0 Å². The van der Waals surface area contributed by atoms with E-state index in [9.17, 15) is 18.4 Å². The van der Waals surface area contributed by atoms with Crippen LogP contribution in [0.5, 0.6) is 0 Å². The Morgan fingerprint density at radius 1 is 1.15 bits per heavy atom. The van der Waals surface area contributed by atoms with E-state index in [1.165, 1.54) is 33.7 Å². The molecule has 0 radical (unpaired) electrons. The fourth-order valence-corrected chi connectivity index (χ4v) is 4.79. The van der Waals surface area contributed by atoms with Gasteiger partial charge in [-0.2, -0.15) is 0 Å². The molecule has 0 spiro atoms. The number of aromatic nitrogens is 5. The SMILES string of the molecule is Cn1c(=O)c2ccccc2n2c(SCC(=O)Nc3nc(-c4ccc(F)c(F)c4)cs3)nnc12. The normalized spacial score (nSPS) is 11.4. The number of thioether (sulfide) groups is 1. The van der Waals surface area contributed by atoms with Crippen molar-refractivity contribution < 1.29 is 13.6 Å². The van der Waals surface area contributed by atoms with Crippen LogP contribution in [0.15, 0.2) is 57.8 Å². The Labute approximate surface area is 192 Å². The molecule has 0 aliphatic carbocycles. The number of hydrogen-bond donors (Lipinski definition) is 1. The maximum absolute atomic E-state index is 13.5. The van der Waals surface area contributed by atoms with E-state index in [-0.39, 0.29) is 17.2 Å². The van der Waals surface area contributed by atoms with Crippen molar-refractivity contribution in [2.24, 2.45) is 7.05 Å². The highest BCUT2D eigenvalue weighted by Crippen LogP contribution is 2.27. The van der Waals surface area contributed by atoms with E-state index in [4.69, 9.17) is 0 Å². The molecule has 2 aromatic carbocycles. The Bertz CT molecular complexity index is 1590. The topological polar surface area (TPSA) is 94.2 Å². The molecule has 3 heterocycles. The van der Waals surface area contributed by atoms with Gasteiger partial charge in [-0.05, 0) is 30.3 Å². The molecular formula is C21H14F2N6O2S2. The van der Waals surface area contributed by atoms with Crippen LogP contribution in [0, 0.1) is 11.6 Å². The average molecular weight is 485 g/mol. The van der Waals surface area contributed by atoms with Crippen molar-refractivity contribution in [3.05, 3.63) is 69.8 Å². The highest BCUT2D eigenvalue weighted by molar-refractivity contribution is 7.99. The first-order valence-electron chi connectivity index (χ1n) is 9.59. The van der Waals surface area contributed by atoms with Crippen LogP contribution in [-0.4, -0.2) is 35.8 Å². The second kappa shape index (κ2) is 8.37. The summed E-state index contributed by atoms with van der Waals surface area (Å²) in [6.07, 6.45) is 0. The number of nitrogens with zero attached hydrogens (tertiary/aromatic N) is 5. The van der Waals surface area contributed by atoms with Crippen LogP contribution in [0.1, 0.15) is 0 Å². The molecular weight excluding hydrogens is 470 g/mol. The van der Waals surface area contributed by atoms with Crippen molar-refractivity contribution in [1.29, 1.82) is 0 Å². The number of rotatable bonds is 5. The van der Waals surface area contributed by atoms with E-state index in [1.54, 1.807) is 35.0 Å². The van der Waals surface area contributed by atoms with E-state index in [1.807, 2.05) is 6.07 Å². The summed E-state index contributed by atoms with van der Waals surface area (Å²) < 4.78 is 29.8. The maximum atomic E-state index is 13.5. The van der Waals surface area contributed by atoms with Gasteiger partial charge in [-0.1, -0.05) is 23.9 Å². The van der Waals surface area contributed by atoms with Crippen LogP contribution in [0.3, 0.4) is 0 Å². The molecule has 1 amide bonds. The molecule has 12 heteroatoms. The predicted octanol–water partition coefficient (Wildman–Crippen LogP) is 3.71. The fraction of sp³-hybridized carbons (Fsp3) is 0.0952. The number of halogens is 2. The van der Waals surface area contributed by atoms with E-state index >= 15 is 0 Å². The van der Waals surface area contributed by atoms with Gasteiger partial charge in [0.05, 0.1) is 22.3 Å². The fourth-order valence-electron chi connectivity index (χ4n) is 3.31. The van der Waals surface area contributed by atoms with Gasteiger partial charge in [0.2, 0.25) is 11.7 Å². The van der Waals surface area contributed by atoms with Crippen LogP contribution < -0.4 is 10.9 Å². The number of carbonyl (C=O) groups is 1. The summed E-state index contributed by atoms with van der Waals surface area (Å²) in [7, 11) is 1.62. The zero-order valence-electron chi connectivity index (χ0n) is 17.0. The zero-order chi connectivity index (χ0) is 23.1. The molecule has 3 aromatic heterocycles. The number of para-hydroxylation sites is 1. The minimum atomic E-state index is -0.965. The smallest absolute Gasteiger partial charge is 0.262 e. The zero-order valence-corrected chi connectivity index (χ0v) is 18.6. The Hall–Kier alpha value is -3.64. The van der Waals surface area contributed by atoms with Crippen molar-refractivity contribution in [2.45, 2.75) is 5.16 Å². The van der Waals surface area contributed by atoms with Gasteiger partial charge < -0.3 is 5.32 Å². The standard InChI is InChI=1S/C21H14F2N6O2S2/c1-28-18(31)12-4-2-3-5-16(12)29-20(28)26-27-21(29)33-10-17(30)25-19-24-15(9-32-19)11-6-7-13(22)14(23)8-11/h2-9H,10H2,1H3,(H,24,25,30). The van der Waals surface area contributed by atoms with Gasteiger partial charge in [0, 0.05) is 18.0 Å². The minimum absolute atomic E-state index is 0.0258. The largest absolute Gasteiger partial charge is 0.301 e. The lowest BCUT2D eigenvalue weighted by atomic mass is 10.2. The van der Waals surface area contributed by atoms with Gasteiger partial charge >= 0.3 is 0 Å². The van der Waals surface area contributed by atoms with Crippen molar-refractivity contribution in [3.8, 4) is 11.3 Å². The summed E-state index contributed by atoms with van der Waals surface area (Å²) in [5.41, 5.74) is 1.31. The number of benzene rings is 2. The lowest BCUT2D eigenvalue weighted by Crippen LogP contribution is -2.20. The Morgan fingerprint density at radius 2 is 1.97 bits per heavy atom.